The summed E-state index contributed by atoms with van der Waals surface area (Å²) < 4.78 is 4.99. The quantitative estimate of drug-likeness (QED) is 0.370. The molecule has 0 spiro atoms. The van der Waals surface area contributed by atoms with E-state index in [1.54, 1.807) is 43.3 Å². The van der Waals surface area contributed by atoms with Gasteiger partial charge in [-0.1, -0.05) is 18.2 Å². The number of non-ortho nitro benzene ring substituents is 1. The van der Waals surface area contributed by atoms with Gasteiger partial charge in [-0.25, -0.2) is 4.79 Å². The molecule has 24 heavy (non-hydrogen) atoms. The van der Waals surface area contributed by atoms with Crippen molar-refractivity contribution in [2.75, 3.05) is 17.2 Å². The van der Waals surface area contributed by atoms with Crippen molar-refractivity contribution in [3.8, 4) is 0 Å². The molecule has 124 valence electrons. The molecule has 0 bridgehead atoms. The van der Waals surface area contributed by atoms with Crippen LogP contribution in [-0.2, 0) is 4.74 Å². The zero-order valence-corrected chi connectivity index (χ0v) is 13.6. The van der Waals surface area contributed by atoms with Crippen molar-refractivity contribution in [1.82, 2.24) is 0 Å². The van der Waals surface area contributed by atoms with E-state index in [1.165, 1.54) is 12.1 Å². The normalized spacial score (nSPS) is 9.88. The summed E-state index contributed by atoms with van der Waals surface area (Å²) >= 11 is 5.19. The van der Waals surface area contributed by atoms with Crippen molar-refractivity contribution in [3.63, 3.8) is 0 Å². The first-order chi connectivity index (χ1) is 11.5. The molecule has 8 heteroatoms. The van der Waals surface area contributed by atoms with Crippen molar-refractivity contribution >= 4 is 40.4 Å². The molecule has 2 N–H and O–H groups in total. The topological polar surface area (TPSA) is 93.5 Å². The smallest absolute Gasteiger partial charge is 0.340 e. The molecule has 0 aliphatic rings. The Hall–Kier alpha value is -3.00. The summed E-state index contributed by atoms with van der Waals surface area (Å²) in [4.78, 5) is 22.2. The molecule has 0 aliphatic carbocycles. The molecule has 0 amide bonds. The molecule has 0 unspecified atom stereocenters. The third kappa shape index (κ3) is 4.50. The summed E-state index contributed by atoms with van der Waals surface area (Å²) in [7, 11) is 0. The summed E-state index contributed by atoms with van der Waals surface area (Å²) in [5.41, 5.74) is 1.26. The number of anilines is 2. The van der Waals surface area contributed by atoms with E-state index in [0.29, 0.717) is 16.9 Å². The van der Waals surface area contributed by atoms with E-state index in [4.69, 9.17) is 17.0 Å². The predicted octanol–water partition coefficient (Wildman–Crippen LogP) is 3.58. The predicted molar refractivity (Wildman–Crippen MR) is 95.3 cm³/mol. The van der Waals surface area contributed by atoms with Crippen LogP contribution in [-0.4, -0.2) is 22.6 Å². The molecule has 0 saturated heterocycles. The number of nitrogens with zero attached hydrogens (tertiary/aromatic N) is 1. The summed E-state index contributed by atoms with van der Waals surface area (Å²) in [5, 5.41) is 16.7. The van der Waals surface area contributed by atoms with E-state index in [0.717, 1.165) is 0 Å². The Kier molecular flexibility index (Phi) is 5.80. The zero-order valence-electron chi connectivity index (χ0n) is 12.8. The average Bonchev–Trinajstić information content (AvgIpc) is 2.55. The van der Waals surface area contributed by atoms with Gasteiger partial charge in [-0.3, -0.25) is 10.1 Å². The lowest BCUT2D eigenvalue weighted by molar-refractivity contribution is -0.384. The number of benzene rings is 2. The van der Waals surface area contributed by atoms with Crippen LogP contribution in [0, 0.1) is 10.1 Å². The second-order valence-electron chi connectivity index (χ2n) is 4.65. The molecule has 0 aromatic heterocycles. The maximum atomic E-state index is 11.9. The molecule has 2 rings (SSSR count). The van der Waals surface area contributed by atoms with Gasteiger partial charge < -0.3 is 15.4 Å². The summed E-state index contributed by atoms with van der Waals surface area (Å²) in [6, 6.07) is 12.7. The lowest BCUT2D eigenvalue weighted by atomic mass is 10.2. The van der Waals surface area contributed by atoms with Crippen LogP contribution in [0.15, 0.2) is 48.5 Å². The number of para-hydroxylation sites is 1. The van der Waals surface area contributed by atoms with Gasteiger partial charge in [0, 0.05) is 17.8 Å². The minimum atomic E-state index is -0.488. The molecule has 0 radical (unpaired) electrons. The minimum Gasteiger partial charge on any atom is -0.462 e. The Bertz CT molecular complexity index is 779. The minimum absolute atomic E-state index is 0.0466. The number of ether oxygens (including phenoxy) is 1. The number of thiocarbonyl (C=S) groups is 1. The maximum absolute atomic E-state index is 11.9. The van der Waals surface area contributed by atoms with Crippen LogP contribution in [0.25, 0.3) is 0 Å². The van der Waals surface area contributed by atoms with Crippen molar-refractivity contribution < 1.29 is 14.5 Å². The van der Waals surface area contributed by atoms with Crippen LogP contribution < -0.4 is 10.6 Å². The zero-order chi connectivity index (χ0) is 17.5. The van der Waals surface area contributed by atoms with Crippen LogP contribution in [0.4, 0.5) is 17.1 Å². The number of nitrogens with one attached hydrogen (secondary N) is 2. The second-order valence-corrected chi connectivity index (χ2v) is 5.06. The molecule has 0 saturated carbocycles. The molecular weight excluding hydrogens is 330 g/mol. The molecule has 0 heterocycles. The number of rotatable bonds is 5. The van der Waals surface area contributed by atoms with E-state index in [-0.39, 0.29) is 17.4 Å². The Balaban J connectivity index is 2.12. The lowest BCUT2D eigenvalue weighted by Crippen LogP contribution is -2.21. The third-order valence-electron chi connectivity index (χ3n) is 2.99. The standard InChI is InChI=1S/C16H15N3O4S/c1-2-23-15(20)13-8-3-4-9-14(13)18-16(24)17-11-6-5-7-12(10-11)19(21)22/h3-10H,2H2,1H3,(H2,17,18,24). The fourth-order valence-corrected chi connectivity index (χ4v) is 2.19. The van der Waals surface area contributed by atoms with Crippen LogP contribution in [0.3, 0.4) is 0 Å². The number of esters is 1. The van der Waals surface area contributed by atoms with E-state index in [9.17, 15) is 14.9 Å². The first kappa shape index (κ1) is 17.4. The lowest BCUT2D eigenvalue weighted by Gasteiger charge is -2.13. The SMILES string of the molecule is CCOC(=O)c1ccccc1NC(=S)Nc1cccc([N+](=O)[O-])c1. The number of carbonyl (C=O) groups excluding carboxylic acids is 1. The van der Waals surface area contributed by atoms with Gasteiger partial charge >= 0.3 is 5.97 Å². The Labute approximate surface area is 143 Å². The number of hydrogen-bond acceptors (Lipinski definition) is 5. The Morgan fingerprint density at radius 1 is 1.21 bits per heavy atom. The van der Waals surface area contributed by atoms with Gasteiger partial charge in [0.2, 0.25) is 0 Å². The highest BCUT2D eigenvalue weighted by Gasteiger charge is 2.13. The van der Waals surface area contributed by atoms with E-state index < -0.39 is 10.9 Å². The first-order valence-corrected chi connectivity index (χ1v) is 7.50. The van der Waals surface area contributed by atoms with Crippen LogP contribution in [0.5, 0.6) is 0 Å². The molecule has 0 fully saturated rings. The highest BCUT2D eigenvalue weighted by atomic mass is 32.1. The van der Waals surface area contributed by atoms with Gasteiger partial charge in [0.1, 0.15) is 0 Å². The molecule has 7 nitrogen and oxygen atoms in total. The van der Waals surface area contributed by atoms with Gasteiger partial charge in [-0.2, -0.15) is 0 Å². The largest absolute Gasteiger partial charge is 0.462 e. The van der Waals surface area contributed by atoms with Crippen LogP contribution >= 0.6 is 12.2 Å². The van der Waals surface area contributed by atoms with Gasteiger partial charge in [0.15, 0.2) is 5.11 Å². The maximum Gasteiger partial charge on any atom is 0.340 e. The van der Waals surface area contributed by atoms with Crippen molar-refractivity contribution in [1.29, 1.82) is 0 Å². The monoisotopic (exact) mass is 345 g/mol. The fourth-order valence-electron chi connectivity index (χ4n) is 1.96. The van der Waals surface area contributed by atoms with E-state index in [2.05, 4.69) is 10.6 Å². The van der Waals surface area contributed by atoms with Crippen molar-refractivity contribution in [3.05, 3.63) is 64.2 Å². The van der Waals surface area contributed by atoms with Crippen LogP contribution in [0.1, 0.15) is 17.3 Å². The second kappa shape index (κ2) is 8.02. The average molecular weight is 345 g/mol. The van der Waals surface area contributed by atoms with Crippen molar-refractivity contribution in [2.24, 2.45) is 0 Å². The van der Waals surface area contributed by atoms with E-state index >= 15 is 0 Å². The fraction of sp³-hybridized carbons (Fsp3) is 0.125. The molecule has 2 aromatic carbocycles. The van der Waals surface area contributed by atoms with Crippen LogP contribution in [0.2, 0.25) is 0 Å². The number of nitro benzene ring substituents is 1. The third-order valence-corrected chi connectivity index (χ3v) is 3.19. The highest BCUT2D eigenvalue weighted by Crippen LogP contribution is 2.19. The van der Waals surface area contributed by atoms with Gasteiger partial charge in [0.25, 0.3) is 5.69 Å². The number of nitro groups is 1. The molecule has 2 aromatic rings. The summed E-state index contributed by atoms with van der Waals surface area (Å²) in [5.74, 6) is -0.459. The van der Waals surface area contributed by atoms with Gasteiger partial charge in [-0.05, 0) is 37.3 Å². The first-order valence-electron chi connectivity index (χ1n) is 7.10. The van der Waals surface area contributed by atoms with Crippen molar-refractivity contribution in [2.45, 2.75) is 6.92 Å². The van der Waals surface area contributed by atoms with E-state index in [1.807, 2.05) is 0 Å². The molecule has 0 aliphatic heterocycles. The Morgan fingerprint density at radius 3 is 2.67 bits per heavy atom. The number of carbonyl (C=O) groups is 1. The summed E-state index contributed by atoms with van der Waals surface area (Å²) in [6.07, 6.45) is 0. The Morgan fingerprint density at radius 2 is 1.96 bits per heavy atom. The van der Waals surface area contributed by atoms with Gasteiger partial charge in [0.05, 0.1) is 22.8 Å². The molecular formula is C16H15N3O4S. The van der Waals surface area contributed by atoms with Gasteiger partial charge in [-0.15, -0.1) is 0 Å². The molecule has 0 atom stereocenters. The number of hydrogen-bond donors (Lipinski definition) is 2. The highest BCUT2D eigenvalue weighted by molar-refractivity contribution is 7.80. The summed E-state index contributed by atoms with van der Waals surface area (Å²) in [6.45, 7) is 1.99.